The summed E-state index contributed by atoms with van der Waals surface area (Å²) in [7, 11) is 1.65. The van der Waals surface area contributed by atoms with Gasteiger partial charge in [0.05, 0.1) is 13.7 Å². The number of pyridine rings is 1. The normalized spacial score (nSPS) is 14.4. The molecule has 0 amide bonds. The lowest BCUT2D eigenvalue weighted by Crippen LogP contribution is -2.38. The lowest BCUT2D eigenvalue weighted by molar-refractivity contribution is 0.194. The number of aromatic amines is 1. The van der Waals surface area contributed by atoms with E-state index in [1.807, 2.05) is 36.4 Å². The van der Waals surface area contributed by atoms with Crippen LogP contribution in [0.1, 0.15) is 45.2 Å². The van der Waals surface area contributed by atoms with Crippen LogP contribution in [0.15, 0.2) is 71.5 Å². The Morgan fingerprint density at radius 1 is 1.00 bits per heavy atom. The average molecular weight is 507 g/mol. The highest BCUT2D eigenvalue weighted by Crippen LogP contribution is 2.32. The Labute approximate surface area is 220 Å². The molecule has 0 saturated heterocycles. The molecule has 0 unspecified atom stereocenters. The number of benzene rings is 3. The second kappa shape index (κ2) is 9.87. The number of nitrogens with one attached hydrogen (secondary N) is 1. The first-order chi connectivity index (χ1) is 18.5. The Hall–Kier alpha value is -4.30. The summed E-state index contributed by atoms with van der Waals surface area (Å²) in [5.41, 5.74) is 7.34. The fourth-order valence-electron chi connectivity index (χ4n) is 5.36. The molecule has 38 heavy (non-hydrogen) atoms. The van der Waals surface area contributed by atoms with Crippen LogP contribution in [0.25, 0.3) is 10.9 Å². The van der Waals surface area contributed by atoms with Crippen molar-refractivity contribution in [2.45, 2.75) is 39.4 Å². The standard InChI is InChI=1S/C30H30N6O2/c1-19-14-24-16-26(30(37)31-27(24)15-20(19)2)28(35-13-12-22-6-4-5-7-23(22)18-35)29-32-33-34-36(29)17-21-8-10-25(38-3)11-9-21/h4-11,14-16,28H,12-13,17-18H2,1-3H3,(H,31,37)/t28-/m0/s1. The molecule has 1 aliphatic rings. The van der Waals surface area contributed by atoms with Crippen molar-refractivity contribution in [2.24, 2.45) is 0 Å². The lowest BCUT2D eigenvalue weighted by atomic mass is 9.95. The van der Waals surface area contributed by atoms with E-state index >= 15 is 0 Å². The molecule has 5 aromatic rings. The molecule has 3 aromatic carbocycles. The van der Waals surface area contributed by atoms with E-state index in [0.717, 1.165) is 40.7 Å². The van der Waals surface area contributed by atoms with Crippen LogP contribution >= 0.6 is 0 Å². The summed E-state index contributed by atoms with van der Waals surface area (Å²) in [5.74, 6) is 1.44. The van der Waals surface area contributed by atoms with Crippen LogP contribution in [0, 0.1) is 13.8 Å². The number of hydrogen-bond acceptors (Lipinski definition) is 6. The zero-order chi connectivity index (χ0) is 26.2. The molecule has 0 radical (unpaired) electrons. The molecule has 8 nitrogen and oxygen atoms in total. The molecule has 0 fully saturated rings. The van der Waals surface area contributed by atoms with Crippen molar-refractivity contribution >= 4 is 10.9 Å². The summed E-state index contributed by atoms with van der Waals surface area (Å²) in [6.07, 6.45) is 0.899. The van der Waals surface area contributed by atoms with Crippen molar-refractivity contribution in [1.82, 2.24) is 30.1 Å². The van der Waals surface area contributed by atoms with E-state index in [0.29, 0.717) is 24.5 Å². The molecule has 8 heteroatoms. The van der Waals surface area contributed by atoms with Crippen molar-refractivity contribution in [3.63, 3.8) is 0 Å². The lowest BCUT2D eigenvalue weighted by Gasteiger charge is -2.34. The van der Waals surface area contributed by atoms with Crippen LogP contribution in [-0.2, 0) is 19.5 Å². The number of aromatic nitrogens is 5. The smallest absolute Gasteiger partial charge is 0.253 e. The minimum Gasteiger partial charge on any atom is -0.497 e. The highest BCUT2D eigenvalue weighted by Gasteiger charge is 2.32. The molecule has 0 spiro atoms. The fraction of sp³-hybridized carbons (Fsp3) is 0.267. The highest BCUT2D eigenvalue weighted by atomic mass is 16.5. The van der Waals surface area contributed by atoms with E-state index in [1.165, 1.54) is 16.7 Å². The van der Waals surface area contributed by atoms with Gasteiger partial charge in [-0.05, 0) is 94.2 Å². The molecule has 1 N–H and O–H groups in total. The minimum atomic E-state index is -0.411. The van der Waals surface area contributed by atoms with E-state index in [2.05, 4.69) is 69.6 Å². The van der Waals surface area contributed by atoms with Gasteiger partial charge in [-0.15, -0.1) is 5.10 Å². The van der Waals surface area contributed by atoms with Gasteiger partial charge in [-0.3, -0.25) is 9.69 Å². The van der Waals surface area contributed by atoms with E-state index in [-0.39, 0.29) is 5.56 Å². The molecule has 1 aliphatic heterocycles. The highest BCUT2D eigenvalue weighted by molar-refractivity contribution is 5.81. The van der Waals surface area contributed by atoms with Gasteiger partial charge in [0.25, 0.3) is 5.56 Å². The molecule has 6 rings (SSSR count). The Morgan fingerprint density at radius 2 is 1.76 bits per heavy atom. The molecule has 0 saturated carbocycles. The number of H-pyrrole nitrogens is 1. The number of hydrogen-bond donors (Lipinski definition) is 1. The SMILES string of the molecule is COc1ccc(Cn2nnnc2[C@H](c2cc3cc(C)c(C)cc3[nH]c2=O)N2CCc3ccccc3C2)cc1. The first kappa shape index (κ1) is 24.1. The van der Waals surface area contributed by atoms with Gasteiger partial charge in [0, 0.05) is 24.2 Å². The topological polar surface area (TPSA) is 88.9 Å². The Bertz CT molecular complexity index is 1670. The van der Waals surface area contributed by atoms with Gasteiger partial charge in [-0.2, -0.15) is 0 Å². The Balaban J connectivity index is 1.46. The maximum absolute atomic E-state index is 13.6. The van der Waals surface area contributed by atoms with E-state index in [9.17, 15) is 4.79 Å². The van der Waals surface area contributed by atoms with E-state index in [4.69, 9.17) is 4.74 Å². The van der Waals surface area contributed by atoms with Gasteiger partial charge in [-0.1, -0.05) is 36.4 Å². The third-order valence-electron chi connectivity index (χ3n) is 7.60. The van der Waals surface area contributed by atoms with Gasteiger partial charge < -0.3 is 9.72 Å². The zero-order valence-electron chi connectivity index (χ0n) is 21.8. The monoisotopic (exact) mass is 506 g/mol. The predicted octanol–water partition coefficient (Wildman–Crippen LogP) is 4.34. The van der Waals surface area contributed by atoms with Crippen LogP contribution in [0.3, 0.4) is 0 Å². The summed E-state index contributed by atoms with van der Waals surface area (Å²) in [5, 5.41) is 13.9. The maximum atomic E-state index is 13.6. The fourth-order valence-corrected chi connectivity index (χ4v) is 5.36. The maximum Gasteiger partial charge on any atom is 0.253 e. The van der Waals surface area contributed by atoms with Crippen LogP contribution in [0.5, 0.6) is 5.75 Å². The number of aryl methyl sites for hydroxylation is 2. The van der Waals surface area contributed by atoms with Gasteiger partial charge >= 0.3 is 0 Å². The van der Waals surface area contributed by atoms with Crippen LogP contribution in [0.4, 0.5) is 0 Å². The molecular formula is C30H30N6O2. The van der Waals surface area contributed by atoms with Crippen molar-refractivity contribution in [3.8, 4) is 5.75 Å². The number of nitrogens with zero attached hydrogens (tertiary/aromatic N) is 5. The summed E-state index contributed by atoms with van der Waals surface area (Å²) >= 11 is 0. The van der Waals surface area contributed by atoms with Crippen LogP contribution in [-0.4, -0.2) is 43.7 Å². The molecule has 2 aromatic heterocycles. The predicted molar refractivity (Wildman–Crippen MR) is 146 cm³/mol. The van der Waals surface area contributed by atoms with Crippen LogP contribution < -0.4 is 10.3 Å². The summed E-state index contributed by atoms with van der Waals surface area (Å²) < 4.78 is 7.11. The van der Waals surface area contributed by atoms with Gasteiger partial charge in [0.1, 0.15) is 11.8 Å². The van der Waals surface area contributed by atoms with Crippen molar-refractivity contribution in [3.05, 3.63) is 116 Å². The van der Waals surface area contributed by atoms with Crippen molar-refractivity contribution in [2.75, 3.05) is 13.7 Å². The van der Waals surface area contributed by atoms with Crippen molar-refractivity contribution in [1.29, 1.82) is 0 Å². The second-order valence-corrected chi connectivity index (χ2v) is 10.0. The summed E-state index contributed by atoms with van der Waals surface area (Å²) in [6, 6.07) is 22.1. The zero-order valence-corrected chi connectivity index (χ0v) is 21.8. The number of fused-ring (bicyclic) bond motifs is 2. The number of methoxy groups -OCH3 is 1. The largest absolute Gasteiger partial charge is 0.497 e. The number of ether oxygens (including phenoxy) is 1. The van der Waals surface area contributed by atoms with E-state index in [1.54, 1.807) is 11.8 Å². The molecule has 3 heterocycles. The minimum absolute atomic E-state index is 0.122. The summed E-state index contributed by atoms with van der Waals surface area (Å²) in [4.78, 5) is 19.1. The first-order valence-corrected chi connectivity index (χ1v) is 12.8. The summed E-state index contributed by atoms with van der Waals surface area (Å²) in [6.45, 7) is 6.13. The average Bonchev–Trinajstić information content (AvgIpc) is 3.38. The molecule has 1 atom stereocenters. The second-order valence-electron chi connectivity index (χ2n) is 10.0. The molecular weight excluding hydrogens is 476 g/mol. The quantitative estimate of drug-likeness (QED) is 0.369. The van der Waals surface area contributed by atoms with E-state index < -0.39 is 6.04 Å². The van der Waals surface area contributed by atoms with Gasteiger partial charge in [0.15, 0.2) is 5.82 Å². The van der Waals surface area contributed by atoms with Gasteiger partial charge in [-0.25, -0.2) is 4.68 Å². The Morgan fingerprint density at radius 3 is 2.55 bits per heavy atom. The third-order valence-corrected chi connectivity index (χ3v) is 7.60. The number of rotatable bonds is 6. The third kappa shape index (κ3) is 4.48. The molecule has 0 aliphatic carbocycles. The van der Waals surface area contributed by atoms with Crippen LogP contribution in [0.2, 0.25) is 0 Å². The van der Waals surface area contributed by atoms with Gasteiger partial charge in [0.2, 0.25) is 0 Å². The molecule has 192 valence electrons. The Kier molecular flexibility index (Phi) is 6.25. The first-order valence-electron chi connectivity index (χ1n) is 12.8. The molecule has 0 bridgehead atoms. The van der Waals surface area contributed by atoms with Crippen molar-refractivity contribution < 1.29 is 4.74 Å². The number of tetrazole rings is 1.